The first kappa shape index (κ1) is 30.2. The number of hydrogen-bond acceptors (Lipinski definition) is 0. The molecule has 0 atom stereocenters. The second-order valence-electron chi connectivity index (χ2n) is 13.3. The number of rotatable bonds is 10. The molecule has 7 aromatic rings. The van der Waals surface area contributed by atoms with Gasteiger partial charge >= 0.3 is 0 Å². The molecule has 0 fully saturated rings. The normalized spacial score (nSPS) is 11.6. The minimum atomic E-state index is 1.12. The summed E-state index contributed by atoms with van der Waals surface area (Å²) in [4.78, 5) is 0. The number of aryl methyl sites for hydroxylation is 2. The van der Waals surface area contributed by atoms with Crippen LogP contribution in [0.2, 0.25) is 0 Å². The fourth-order valence-corrected chi connectivity index (χ4v) is 7.85. The first-order valence-corrected chi connectivity index (χ1v) is 17.8. The van der Waals surface area contributed by atoms with Gasteiger partial charge in [0.25, 0.3) is 0 Å². The molecule has 0 aliphatic heterocycles. The molecular weight excluding hydrogens is 577 g/mol. The molecule has 0 N–H and O–H groups in total. The molecule has 0 radical (unpaired) electrons. The summed E-state index contributed by atoms with van der Waals surface area (Å²) in [5.74, 6) is 0. The van der Waals surface area contributed by atoms with Crippen molar-refractivity contribution in [2.45, 2.75) is 52.4 Å². The van der Waals surface area contributed by atoms with E-state index < -0.39 is 0 Å². The van der Waals surface area contributed by atoms with E-state index >= 15 is 0 Å². The van der Waals surface area contributed by atoms with E-state index in [0.717, 1.165) is 12.8 Å². The average molecular weight is 619 g/mol. The van der Waals surface area contributed by atoms with E-state index in [1.165, 1.54) is 114 Å². The Labute approximate surface area is 285 Å². The standard InChI is InChI=1S/C48H42/c1-3-5-15-33-25-29-38(30-26-33)43-44(39-31-27-34(28-32-39)16-6-4-2)46(37-19-11-8-12-20-37)48-41-24-14-22-35-21-13-23-40(42(35)41)47(48)45(43)36-17-9-7-10-18-36/h7-14,17-32H,3-6,15-16H2,1-2H3. The van der Waals surface area contributed by atoms with Crippen LogP contribution in [0.4, 0.5) is 0 Å². The molecule has 48 heavy (non-hydrogen) atoms. The maximum absolute atomic E-state index is 2.38. The van der Waals surface area contributed by atoms with Crippen LogP contribution in [0.25, 0.3) is 77.5 Å². The van der Waals surface area contributed by atoms with Crippen molar-refractivity contribution in [3.63, 3.8) is 0 Å². The van der Waals surface area contributed by atoms with Crippen LogP contribution in [-0.4, -0.2) is 0 Å². The van der Waals surface area contributed by atoms with Gasteiger partial charge in [0.15, 0.2) is 0 Å². The summed E-state index contributed by atoms with van der Waals surface area (Å²) < 4.78 is 0. The summed E-state index contributed by atoms with van der Waals surface area (Å²) in [6.45, 7) is 4.54. The molecule has 8 rings (SSSR count). The second kappa shape index (κ2) is 13.1. The predicted octanol–water partition coefficient (Wildman–Crippen LogP) is 13.8. The minimum Gasteiger partial charge on any atom is -0.0654 e. The number of benzene rings is 7. The molecule has 0 aromatic heterocycles. The zero-order valence-corrected chi connectivity index (χ0v) is 28.1. The van der Waals surface area contributed by atoms with E-state index in [0.29, 0.717) is 0 Å². The summed E-state index contributed by atoms with van der Waals surface area (Å²) in [6.07, 6.45) is 7.06. The largest absolute Gasteiger partial charge is 0.0654 e. The van der Waals surface area contributed by atoms with Gasteiger partial charge in [0.05, 0.1) is 0 Å². The molecule has 0 spiro atoms. The van der Waals surface area contributed by atoms with Crippen LogP contribution in [0.1, 0.15) is 50.7 Å². The Morgan fingerprint density at radius 1 is 0.333 bits per heavy atom. The van der Waals surface area contributed by atoms with Gasteiger partial charge in [-0.25, -0.2) is 0 Å². The van der Waals surface area contributed by atoms with Crippen LogP contribution in [0, 0.1) is 0 Å². The molecule has 1 aliphatic rings. The van der Waals surface area contributed by atoms with E-state index in [4.69, 9.17) is 0 Å². The van der Waals surface area contributed by atoms with Crippen LogP contribution >= 0.6 is 0 Å². The minimum absolute atomic E-state index is 1.12. The number of hydrogen-bond donors (Lipinski definition) is 0. The predicted molar refractivity (Wildman–Crippen MR) is 207 cm³/mol. The Morgan fingerprint density at radius 2 is 0.708 bits per heavy atom. The maximum Gasteiger partial charge on any atom is -0.000719 e. The zero-order valence-electron chi connectivity index (χ0n) is 28.1. The van der Waals surface area contributed by atoms with Gasteiger partial charge in [-0.2, -0.15) is 0 Å². The first-order chi connectivity index (χ1) is 23.8. The third-order valence-electron chi connectivity index (χ3n) is 10.2. The molecule has 234 valence electrons. The SMILES string of the molecule is CCCCc1ccc(-c2c(-c3ccc(CCCC)cc3)c(-c3ccccc3)c3c(c2-c2ccccc2)-c2cccc4cccc-3c24)cc1. The van der Waals surface area contributed by atoms with Gasteiger partial charge in [-0.15, -0.1) is 0 Å². The third kappa shape index (κ3) is 5.26. The fraction of sp³-hybridized carbons (Fsp3) is 0.167. The molecule has 1 aliphatic carbocycles. The molecule has 7 aromatic carbocycles. The fourth-order valence-electron chi connectivity index (χ4n) is 7.85. The third-order valence-corrected chi connectivity index (χ3v) is 10.2. The lowest BCUT2D eigenvalue weighted by atomic mass is 9.76. The van der Waals surface area contributed by atoms with Crippen molar-refractivity contribution in [1.29, 1.82) is 0 Å². The van der Waals surface area contributed by atoms with Gasteiger partial charge in [0, 0.05) is 0 Å². The topological polar surface area (TPSA) is 0 Å². The molecule has 0 unspecified atom stereocenters. The Bertz CT molecular complexity index is 2050. The summed E-state index contributed by atoms with van der Waals surface area (Å²) >= 11 is 0. The van der Waals surface area contributed by atoms with Gasteiger partial charge < -0.3 is 0 Å². The highest BCUT2D eigenvalue weighted by Crippen LogP contribution is 2.60. The zero-order chi connectivity index (χ0) is 32.5. The van der Waals surface area contributed by atoms with Crippen molar-refractivity contribution in [3.05, 3.63) is 157 Å². The van der Waals surface area contributed by atoms with Crippen LogP contribution in [0.15, 0.2) is 146 Å². The van der Waals surface area contributed by atoms with E-state index in [9.17, 15) is 0 Å². The summed E-state index contributed by atoms with van der Waals surface area (Å²) in [5, 5.41) is 2.65. The summed E-state index contributed by atoms with van der Waals surface area (Å²) in [7, 11) is 0. The van der Waals surface area contributed by atoms with Crippen LogP contribution in [0.3, 0.4) is 0 Å². The van der Waals surface area contributed by atoms with Crippen molar-refractivity contribution in [1.82, 2.24) is 0 Å². The maximum atomic E-state index is 2.38. The van der Waals surface area contributed by atoms with Crippen molar-refractivity contribution in [2.75, 3.05) is 0 Å². The van der Waals surface area contributed by atoms with Gasteiger partial charge in [0.1, 0.15) is 0 Å². The first-order valence-electron chi connectivity index (χ1n) is 17.8. The molecule has 0 saturated heterocycles. The van der Waals surface area contributed by atoms with Crippen molar-refractivity contribution >= 4 is 10.8 Å². The lowest BCUT2D eigenvalue weighted by molar-refractivity contribution is 0.795. The lowest BCUT2D eigenvalue weighted by Gasteiger charge is -2.26. The second-order valence-corrected chi connectivity index (χ2v) is 13.3. The van der Waals surface area contributed by atoms with E-state index in [-0.39, 0.29) is 0 Å². The highest BCUT2D eigenvalue weighted by atomic mass is 14.4. The van der Waals surface area contributed by atoms with E-state index in [2.05, 4.69) is 159 Å². The Balaban J connectivity index is 1.55. The Morgan fingerprint density at radius 3 is 1.10 bits per heavy atom. The average Bonchev–Trinajstić information content (AvgIpc) is 3.48. The van der Waals surface area contributed by atoms with Gasteiger partial charge in [-0.1, -0.05) is 172 Å². The molecule has 0 nitrogen and oxygen atoms in total. The molecule has 0 heteroatoms. The molecular formula is C48H42. The smallest absolute Gasteiger partial charge is 0.000719 e. The number of unbranched alkanes of at least 4 members (excludes halogenated alkanes) is 2. The molecule has 0 heterocycles. The van der Waals surface area contributed by atoms with Crippen LogP contribution < -0.4 is 0 Å². The van der Waals surface area contributed by atoms with Crippen molar-refractivity contribution in [2.24, 2.45) is 0 Å². The Hall–Kier alpha value is -5.20. The molecule has 0 amide bonds. The number of fused-ring (bicyclic) bond motifs is 3. The highest BCUT2D eigenvalue weighted by molar-refractivity contribution is 6.25. The van der Waals surface area contributed by atoms with E-state index in [1.807, 2.05) is 0 Å². The summed E-state index contributed by atoms with van der Waals surface area (Å²) in [6, 6.07) is 54.9. The lowest BCUT2D eigenvalue weighted by Crippen LogP contribution is -2.00. The van der Waals surface area contributed by atoms with Crippen molar-refractivity contribution < 1.29 is 0 Å². The Kier molecular flexibility index (Phi) is 8.25. The molecule has 0 saturated carbocycles. The highest BCUT2D eigenvalue weighted by Gasteiger charge is 2.33. The monoisotopic (exact) mass is 618 g/mol. The van der Waals surface area contributed by atoms with Gasteiger partial charge in [-0.05, 0) is 114 Å². The van der Waals surface area contributed by atoms with Crippen LogP contribution in [0.5, 0.6) is 0 Å². The molecule has 0 bridgehead atoms. The summed E-state index contributed by atoms with van der Waals surface area (Å²) in [5.41, 5.74) is 18.5. The van der Waals surface area contributed by atoms with Gasteiger partial charge in [0.2, 0.25) is 0 Å². The van der Waals surface area contributed by atoms with E-state index in [1.54, 1.807) is 0 Å². The quantitative estimate of drug-likeness (QED) is 0.143. The van der Waals surface area contributed by atoms with Crippen LogP contribution in [-0.2, 0) is 12.8 Å². The van der Waals surface area contributed by atoms with Gasteiger partial charge in [-0.3, -0.25) is 0 Å². The van der Waals surface area contributed by atoms with Crippen molar-refractivity contribution in [3.8, 4) is 66.8 Å².